The Bertz CT molecular complexity index is 1170. The monoisotopic (exact) mass is 447 g/mol. The molecule has 2 aromatic heterocycles. The lowest BCUT2D eigenvalue weighted by molar-refractivity contribution is 0.338. The molecule has 0 radical (unpaired) electrons. The molecule has 2 heterocycles. The van der Waals surface area contributed by atoms with Crippen molar-refractivity contribution in [1.29, 1.82) is 0 Å². The number of thioether (sulfide) groups is 1. The van der Waals surface area contributed by atoms with Gasteiger partial charge in [-0.05, 0) is 47.5 Å². The molecule has 9 heteroatoms. The van der Waals surface area contributed by atoms with Gasteiger partial charge in [0.1, 0.15) is 5.75 Å². The first-order valence-electron chi connectivity index (χ1n) is 10.9. The number of hydrogen-bond donors (Lipinski definition) is 0. The molecule has 2 aromatic carbocycles. The van der Waals surface area contributed by atoms with Crippen LogP contribution in [0.1, 0.15) is 44.0 Å². The van der Waals surface area contributed by atoms with E-state index in [1.165, 1.54) is 19.3 Å². The largest absolute Gasteiger partial charge is 0.496 e. The van der Waals surface area contributed by atoms with E-state index in [1.807, 2.05) is 54.6 Å². The summed E-state index contributed by atoms with van der Waals surface area (Å²) >= 11 is 1.62. The van der Waals surface area contributed by atoms with Gasteiger partial charge in [0.15, 0.2) is 16.8 Å². The number of rotatable bonds is 7. The van der Waals surface area contributed by atoms with Gasteiger partial charge in [-0.15, -0.1) is 15.3 Å². The van der Waals surface area contributed by atoms with Gasteiger partial charge in [-0.1, -0.05) is 61.4 Å². The molecule has 0 amide bonds. The van der Waals surface area contributed by atoms with Crippen molar-refractivity contribution in [3.8, 4) is 22.8 Å². The fraction of sp³-hybridized carbons (Fsp3) is 0.348. The number of ether oxygens (including phenoxy) is 1. The van der Waals surface area contributed by atoms with Gasteiger partial charge < -0.3 is 4.74 Å². The number of hydrogen-bond acceptors (Lipinski definition) is 7. The third-order valence-corrected chi connectivity index (χ3v) is 6.76. The minimum Gasteiger partial charge on any atom is -0.496 e. The Hall–Kier alpha value is -3.20. The first-order valence-corrected chi connectivity index (χ1v) is 11.9. The van der Waals surface area contributed by atoms with Crippen molar-refractivity contribution >= 4 is 11.8 Å². The van der Waals surface area contributed by atoms with E-state index in [1.54, 1.807) is 23.6 Å². The second kappa shape index (κ2) is 9.52. The Labute approximate surface area is 191 Å². The number of tetrazole rings is 1. The zero-order valence-electron chi connectivity index (χ0n) is 18.0. The van der Waals surface area contributed by atoms with E-state index in [9.17, 15) is 0 Å². The minimum atomic E-state index is 0.381. The highest BCUT2D eigenvalue weighted by molar-refractivity contribution is 7.98. The molecule has 4 aromatic rings. The zero-order chi connectivity index (χ0) is 21.8. The van der Waals surface area contributed by atoms with Crippen molar-refractivity contribution < 1.29 is 4.74 Å². The second-order valence-corrected chi connectivity index (χ2v) is 8.74. The number of methoxy groups -OCH3 is 1. The summed E-state index contributed by atoms with van der Waals surface area (Å²) in [5.41, 5.74) is 1.91. The lowest BCUT2D eigenvalue weighted by atomic mass is 9.95. The molecule has 8 nitrogen and oxygen atoms in total. The molecule has 1 aliphatic rings. The zero-order valence-corrected chi connectivity index (χ0v) is 18.8. The highest BCUT2D eigenvalue weighted by Crippen LogP contribution is 2.38. The lowest BCUT2D eigenvalue weighted by Crippen LogP contribution is -2.15. The summed E-state index contributed by atoms with van der Waals surface area (Å²) in [4.78, 5) is 0. The summed E-state index contributed by atoms with van der Waals surface area (Å²) in [6, 6.07) is 18.3. The maximum Gasteiger partial charge on any atom is 0.192 e. The normalized spacial score (nSPS) is 14.5. The quantitative estimate of drug-likeness (QED) is 0.379. The van der Waals surface area contributed by atoms with E-state index in [0.717, 1.165) is 46.6 Å². The van der Waals surface area contributed by atoms with Crippen LogP contribution in [0.15, 0.2) is 59.8 Å². The molecule has 164 valence electrons. The number of aromatic nitrogens is 7. The molecule has 0 atom stereocenters. The minimum absolute atomic E-state index is 0.381. The van der Waals surface area contributed by atoms with E-state index in [-0.39, 0.29) is 0 Å². The van der Waals surface area contributed by atoms with Gasteiger partial charge in [-0.3, -0.25) is 4.57 Å². The smallest absolute Gasteiger partial charge is 0.192 e. The van der Waals surface area contributed by atoms with Gasteiger partial charge in [0.05, 0.1) is 24.1 Å². The summed E-state index contributed by atoms with van der Waals surface area (Å²) in [6.45, 7) is 0. The molecule has 0 spiro atoms. The number of para-hydroxylation sites is 2. The van der Waals surface area contributed by atoms with Gasteiger partial charge in [0.2, 0.25) is 0 Å². The van der Waals surface area contributed by atoms with Gasteiger partial charge in [-0.25, -0.2) is 0 Å². The number of benzene rings is 2. The van der Waals surface area contributed by atoms with E-state index in [2.05, 4.69) is 30.3 Å². The van der Waals surface area contributed by atoms with Crippen LogP contribution in [0.3, 0.4) is 0 Å². The molecule has 0 unspecified atom stereocenters. The van der Waals surface area contributed by atoms with Crippen LogP contribution >= 0.6 is 11.8 Å². The van der Waals surface area contributed by atoms with E-state index >= 15 is 0 Å². The van der Waals surface area contributed by atoms with Crippen LogP contribution in [-0.4, -0.2) is 42.1 Å². The highest BCUT2D eigenvalue weighted by Gasteiger charge is 2.25. The summed E-state index contributed by atoms with van der Waals surface area (Å²) in [5, 5.41) is 22.4. The van der Waals surface area contributed by atoms with Crippen molar-refractivity contribution in [3.63, 3.8) is 0 Å². The van der Waals surface area contributed by atoms with Crippen molar-refractivity contribution in [2.24, 2.45) is 0 Å². The van der Waals surface area contributed by atoms with Crippen LogP contribution in [0.25, 0.3) is 17.1 Å². The van der Waals surface area contributed by atoms with Crippen LogP contribution in [-0.2, 0) is 5.75 Å². The molecular weight excluding hydrogens is 422 g/mol. The summed E-state index contributed by atoms with van der Waals surface area (Å²) < 4.78 is 9.69. The predicted molar refractivity (Wildman–Crippen MR) is 123 cm³/mol. The third kappa shape index (κ3) is 4.12. The van der Waals surface area contributed by atoms with Crippen LogP contribution in [0.5, 0.6) is 5.75 Å². The molecule has 5 rings (SSSR count). The maximum absolute atomic E-state index is 5.62. The molecule has 1 aliphatic carbocycles. The molecule has 0 N–H and O–H groups in total. The van der Waals surface area contributed by atoms with Gasteiger partial charge >= 0.3 is 0 Å². The number of nitrogens with zero attached hydrogens (tertiary/aromatic N) is 7. The van der Waals surface area contributed by atoms with E-state index < -0.39 is 0 Å². The molecule has 0 aliphatic heterocycles. The lowest BCUT2D eigenvalue weighted by Gasteiger charge is -2.26. The van der Waals surface area contributed by atoms with Crippen molar-refractivity contribution in [2.75, 3.05) is 7.11 Å². The van der Waals surface area contributed by atoms with E-state index in [4.69, 9.17) is 4.74 Å². The van der Waals surface area contributed by atoms with Crippen molar-refractivity contribution in [3.05, 3.63) is 60.4 Å². The Morgan fingerprint density at radius 3 is 2.53 bits per heavy atom. The van der Waals surface area contributed by atoms with Crippen LogP contribution in [0, 0.1) is 0 Å². The Kier molecular flexibility index (Phi) is 6.15. The van der Waals surface area contributed by atoms with Gasteiger partial charge in [0.25, 0.3) is 0 Å². The summed E-state index contributed by atoms with van der Waals surface area (Å²) in [6.07, 6.45) is 6.01. The van der Waals surface area contributed by atoms with E-state index in [0.29, 0.717) is 11.8 Å². The molecule has 1 fully saturated rings. The second-order valence-electron chi connectivity index (χ2n) is 7.80. The third-order valence-electron chi connectivity index (χ3n) is 5.82. The highest BCUT2D eigenvalue weighted by atomic mass is 32.2. The molecular formula is C23H25N7OS. The first kappa shape index (κ1) is 20.7. The molecule has 32 heavy (non-hydrogen) atoms. The van der Waals surface area contributed by atoms with Crippen LogP contribution < -0.4 is 4.74 Å². The summed E-state index contributed by atoms with van der Waals surface area (Å²) in [7, 11) is 1.69. The molecule has 0 bridgehead atoms. The fourth-order valence-corrected chi connectivity index (χ4v) is 5.16. The SMILES string of the molecule is COc1ccccc1-c1nnc(SCc2nnnn2-c2ccccc2)n1C1CCCCC1. The first-order chi connectivity index (χ1) is 15.8. The van der Waals surface area contributed by atoms with Crippen LogP contribution in [0.2, 0.25) is 0 Å². The van der Waals surface area contributed by atoms with Gasteiger partial charge in [-0.2, -0.15) is 4.68 Å². The van der Waals surface area contributed by atoms with Crippen LogP contribution in [0.4, 0.5) is 0 Å². The topological polar surface area (TPSA) is 83.5 Å². The predicted octanol–water partition coefficient (Wildman–Crippen LogP) is 4.73. The maximum atomic E-state index is 5.62. The Morgan fingerprint density at radius 1 is 0.938 bits per heavy atom. The average Bonchev–Trinajstić information content (AvgIpc) is 3.51. The fourth-order valence-electron chi connectivity index (χ4n) is 4.25. The van der Waals surface area contributed by atoms with Crippen molar-refractivity contribution in [2.45, 2.75) is 49.1 Å². The average molecular weight is 448 g/mol. The standard InChI is InChI=1S/C23H25N7OS/c1-31-20-15-9-8-14-19(20)22-25-26-23(29(22)17-10-4-2-5-11-17)32-16-21-24-27-28-30(21)18-12-6-3-7-13-18/h3,6-9,12-15,17H,2,4-5,10-11,16H2,1H3. The molecule has 1 saturated carbocycles. The Balaban J connectivity index is 1.47. The Morgan fingerprint density at radius 2 is 1.72 bits per heavy atom. The molecule has 0 saturated heterocycles. The summed E-state index contributed by atoms with van der Waals surface area (Å²) in [5.74, 6) is 3.04. The van der Waals surface area contributed by atoms with Crippen molar-refractivity contribution in [1.82, 2.24) is 35.0 Å². The van der Waals surface area contributed by atoms with Gasteiger partial charge in [0, 0.05) is 6.04 Å².